The number of aromatic hydroxyl groups is 1. The number of aryl methyl sites for hydroxylation is 1. The van der Waals surface area contributed by atoms with Gasteiger partial charge in [-0.1, -0.05) is 60.7 Å². The summed E-state index contributed by atoms with van der Waals surface area (Å²) < 4.78 is 6.89. The lowest BCUT2D eigenvalue weighted by atomic mass is 10.0. The van der Waals surface area contributed by atoms with Crippen LogP contribution in [0.1, 0.15) is 21.6 Å². The van der Waals surface area contributed by atoms with Crippen molar-refractivity contribution in [1.82, 2.24) is 15.2 Å². The van der Waals surface area contributed by atoms with Gasteiger partial charge >= 0.3 is 0 Å². The zero-order valence-corrected chi connectivity index (χ0v) is 19.8. The van der Waals surface area contributed by atoms with Crippen LogP contribution in [0.2, 0.25) is 0 Å². The first-order chi connectivity index (χ1) is 17.5. The van der Waals surface area contributed by atoms with Crippen LogP contribution in [0.4, 0.5) is 0 Å². The predicted octanol–water partition coefficient (Wildman–Crippen LogP) is 5.48. The van der Waals surface area contributed by atoms with Crippen LogP contribution in [0.3, 0.4) is 0 Å². The van der Waals surface area contributed by atoms with E-state index in [2.05, 4.69) is 33.8 Å². The van der Waals surface area contributed by atoms with Crippen LogP contribution in [0.25, 0.3) is 27.7 Å². The van der Waals surface area contributed by atoms with Crippen LogP contribution in [0.5, 0.6) is 11.5 Å². The second kappa shape index (κ2) is 9.76. The van der Waals surface area contributed by atoms with Crippen molar-refractivity contribution < 1.29 is 14.6 Å². The number of rotatable bonds is 6. The number of phenols is 1. The number of hydrogen-bond acceptors (Lipinski definition) is 5. The summed E-state index contributed by atoms with van der Waals surface area (Å²) >= 11 is 0. The van der Waals surface area contributed by atoms with E-state index in [1.165, 1.54) is 13.3 Å². The number of carbonyl (C=O) groups is 1. The largest absolute Gasteiger partial charge is 0.504 e. The van der Waals surface area contributed by atoms with Gasteiger partial charge in [-0.2, -0.15) is 10.2 Å². The summed E-state index contributed by atoms with van der Waals surface area (Å²) in [7, 11) is 1.47. The number of fused-ring (bicyclic) bond motifs is 1. The average Bonchev–Trinajstić information content (AvgIpc) is 3.35. The van der Waals surface area contributed by atoms with E-state index in [0.29, 0.717) is 11.3 Å². The van der Waals surface area contributed by atoms with Gasteiger partial charge < -0.3 is 9.84 Å². The fourth-order valence-corrected chi connectivity index (χ4v) is 4.12. The lowest BCUT2D eigenvalue weighted by Crippen LogP contribution is -2.18. The molecule has 0 bridgehead atoms. The monoisotopic (exact) mass is 476 g/mol. The maximum atomic E-state index is 13.0. The Morgan fingerprint density at radius 3 is 2.61 bits per heavy atom. The van der Waals surface area contributed by atoms with Crippen molar-refractivity contribution >= 4 is 22.9 Å². The van der Waals surface area contributed by atoms with Gasteiger partial charge in [0.05, 0.1) is 24.7 Å². The number of ether oxygens (including phenoxy) is 1. The highest BCUT2D eigenvalue weighted by molar-refractivity contribution is 5.99. The van der Waals surface area contributed by atoms with E-state index in [4.69, 9.17) is 4.74 Å². The maximum absolute atomic E-state index is 13.0. The number of amides is 1. The highest BCUT2D eigenvalue weighted by Crippen LogP contribution is 2.31. The zero-order valence-electron chi connectivity index (χ0n) is 19.8. The molecule has 0 spiro atoms. The zero-order chi connectivity index (χ0) is 25.1. The number of benzene rings is 4. The summed E-state index contributed by atoms with van der Waals surface area (Å²) in [6.07, 6.45) is 1.36. The molecule has 178 valence electrons. The minimum absolute atomic E-state index is 0.0556. The van der Waals surface area contributed by atoms with Gasteiger partial charge in [0, 0.05) is 11.1 Å². The van der Waals surface area contributed by atoms with Gasteiger partial charge in [0.25, 0.3) is 5.91 Å². The summed E-state index contributed by atoms with van der Waals surface area (Å²) in [5.74, 6) is -0.205. The Hall–Kier alpha value is -4.91. The molecule has 7 heteroatoms. The highest BCUT2D eigenvalue weighted by atomic mass is 16.5. The van der Waals surface area contributed by atoms with Crippen LogP contribution in [0, 0.1) is 6.92 Å². The number of nitrogens with one attached hydrogen (secondary N) is 1. The molecule has 0 atom stereocenters. The van der Waals surface area contributed by atoms with Crippen molar-refractivity contribution in [1.29, 1.82) is 0 Å². The van der Waals surface area contributed by atoms with Gasteiger partial charge in [-0.25, -0.2) is 10.1 Å². The fourth-order valence-electron chi connectivity index (χ4n) is 4.12. The Bertz CT molecular complexity index is 1600. The van der Waals surface area contributed by atoms with Gasteiger partial charge in [-0.3, -0.25) is 4.79 Å². The van der Waals surface area contributed by atoms with Gasteiger partial charge in [0.15, 0.2) is 17.2 Å². The summed E-state index contributed by atoms with van der Waals surface area (Å²) in [6, 6.07) is 28.9. The van der Waals surface area contributed by atoms with E-state index >= 15 is 0 Å². The minimum Gasteiger partial charge on any atom is -0.504 e. The van der Waals surface area contributed by atoms with E-state index in [-0.39, 0.29) is 11.4 Å². The minimum atomic E-state index is -0.471. The van der Waals surface area contributed by atoms with Crippen molar-refractivity contribution in [2.24, 2.45) is 5.10 Å². The molecule has 0 fully saturated rings. The standard InChI is InChI=1S/C29H24N4O3/c1-19-8-5-12-22(16-19)33-26(24-14-6-10-20-9-3-4-13-23(20)24)17-25(32-33)29(35)31-30-18-21-11-7-15-27(36-2)28(21)34/h3-18,34H,1-2H3,(H,31,35)/b30-18-. The molecular weight excluding hydrogens is 452 g/mol. The number of phenolic OH excluding ortho intramolecular Hbond substituents is 1. The van der Waals surface area contributed by atoms with Crippen LogP contribution in [0.15, 0.2) is 96.1 Å². The molecule has 1 heterocycles. The number of hydrazone groups is 1. The quantitative estimate of drug-likeness (QED) is 0.251. The lowest BCUT2D eigenvalue weighted by molar-refractivity contribution is 0.0949. The third-order valence-electron chi connectivity index (χ3n) is 5.87. The number of carbonyl (C=O) groups excluding carboxylic acids is 1. The molecule has 0 saturated carbocycles. The van der Waals surface area contributed by atoms with Gasteiger partial charge in [-0.05, 0) is 53.6 Å². The van der Waals surface area contributed by atoms with Crippen LogP contribution >= 0.6 is 0 Å². The van der Waals surface area contributed by atoms with Gasteiger partial charge in [0.2, 0.25) is 0 Å². The number of methoxy groups -OCH3 is 1. The van der Waals surface area contributed by atoms with E-state index in [1.54, 1.807) is 28.9 Å². The average molecular weight is 477 g/mol. The van der Waals surface area contributed by atoms with E-state index < -0.39 is 5.91 Å². The Balaban J connectivity index is 1.53. The van der Waals surface area contributed by atoms with Crippen LogP contribution in [-0.4, -0.2) is 34.1 Å². The molecule has 0 radical (unpaired) electrons. The third-order valence-corrected chi connectivity index (χ3v) is 5.87. The predicted molar refractivity (Wildman–Crippen MR) is 141 cm³/mol. The second-order valence-corrected chi connectivity index (χ2v) is 8.29. The highest BCUT2D eigenvalue weighted by Gasteiger charge is 2.18. The topological polar surface area (TPSA) is 88.7 Å². The molecule has 1 amide bonds. The molecule has 0 saturated heterocycles. The first kappa shape index (κ1) is 22.9. The number of aromatic nitrogens is 2. The molecule has 0 aliphatic heterocycles. The molecule has 0 aliphatic carbocycles. The summed E-state index contributed by atoms with van der Waals surface area (Å²) in [6.45, 7) is 2.01. The second-order valence-electron chi connectivity index (χ2n) is 8.29. The Labute approximate surface area is 208 Å². The smallest absolute Gasteiger partial charge is 0.291 e. The van der Waals surface area contributed by atoms with Crippen molar-refractivity contribution in [3.8, 4) is 28.4 Å². The summed E-state index contributed by atoms with van der Waals surface area (Å²) in [4.78, 5) is 13.0. The van der Waals surface area contributed by atoms with Crippen molar-refractivity contribution in [3.63, 3.8) is 0 Å². The number of nitrogens with zero attached hydrogens (tertiary/aromatic N) is 3. The molecule has 5 aromatic rings. The van der Waals surface area contributed by atoms with Crippen LogP contribution in [-0.2, 0) is 0 Å². The number of para-hydroxylation sites is 1. The first-order valence-corrected chi connectivity index (χ1v) is 11.4. The van der Waals surface area contributed by atoms with E-state index in [0.717, 1.165) is 33.3 Å². The molecule has 0 unspecified atom stereocenters. The van der Waals surface area contributed by atoms with Crippen LogP contribution < -0.4 is 10.2 Å². The normalized spacial score (nSPS) is 11.2. The Morgan fingerprint density at radius 2 is 1.78 bits per heavy atom. The first-order valence-electron chi connectivity index (χ1n) is 11.4. The number of hydrogen-bond donors (Lipinski definition) is 2. The van der Waals surface area contributed by atoms with E-state index in [1.807, 2.05) is 55.5 Å². The molecule has 7 nitrogen and oxygen atoms in total. The molecule has 5 rings (SSSR count). The van der Waals surface area contributed by atoms with Crippen molar-refractivity contribution in [3.05, 3.63) is 108 Å². The molecule has 4 aromatic carbocycles. The van der Waals surface area contributed by atoms with Crippen molar-refractivity contribution in [2.75, 3.05) is 7.11 Å². The van der Waals surface area contributed by atoms with E-state index in [9.17, 15) is 9.90 Å². The summed E-state index contributed by atoms with van der Waals surface area (Å²) in [5.41, 5.74) is 6.82. The van der Waals surface area contributed by atoms with Gasteiger partial charge in [-0.15, -0.1) is 0 Å². The SMILES string of the molecule is COc1cccc(/C=N\NC(=O)c2cc(-c3cccc4ccccc34)n(-c3cccc(C)c3)n2)c1O. The summed E-state index contributed by atoms with van der Waals surface area (Å²) in [5, 5.41) is 21.0. The van der Waals surface area contributed by atoms with Gasteiger partial charge in [0.1, 0.15) is 0 Å². The Morgan fingerprint density at radius 1 is 1.00 bits per heavy atom. The molecule has 1 aromatic heterocycles. The Kier molecular flexibility index (Phi) is 6.19. The molecule has 36 heavy (non-hydrogen) atoms. The fraction of sp³-hybridized carbons (Fsp3) is 0.0690. The molecule has 0 aliphatic rings. The molecule has 2 N–H and O–H groups in total. The third kappa shape index (κ3) is 4.42. The lowest BCUT2D eigenvalue weighted by Gasteiger charge is -2.10. The molecular formula is C29H24N4O3. The maximum Gasteiger partial charge on any atom is 0.291 e. The van der Waals surface area contributed by atoms with Crippen molar-refractivity contribution in [2.45, 2.75) is 6.92 Å².